The molecule has 2 rings (SSSR count). The Kier molecular flexibility index (Phi) is 5.17. The number of hydrogen-bond donors (Lipinski definition) is 1. The summed E-state index contributed by atoms with van der Waals surface area (Å²) in [5.74, 6) is 0.515. The molecular formula is C13H18BrN3O3. The Hall–Kier alpha value is -1.37. The highest BCUT2D eigenvalue weighted by Crippen LogP contribution is 2.19. The third kappa shape index (κ3) is 3.59. The minimum absolute atomic E-state index is 0.0626. The first kappa shape index (κ1) is 15.0. The first-order valence-electron chi connectivity index (χ1n) is 6.80. The number of nitrogens with zero attached hydrogens (tertiary/aromatic N) is 2. The van der Waals surface area contributed by atoms with Crippen molar-refractivity contribution >= 4 is 27.7 Å². The Morgan fingerprint density at radius 2 is 2.40 bits per heavy atom. The Balaban J connectivity index is 1.89. The molecule has 0 aromatic carbocycles. The molecule has 1 N–H and O–H groups in total. The minimum atomic E-state index is -0.347. The molecule has 1 aliphatic heterocycles. The Bertz CT molecular complexity index is 489. The van der Waals surface area contributed by atoms with Crippen molar-refractivity contribution in [1.82, 2.24) is 15.4 Å². The molecule has 1 unspecified atom stereocenters. The summed E-state index contributed by atoms with van der Waals surface area (Å²) in [4.78, 5) is 25.8. The van der Waals surface area contributed by atoms with E-state index in [0.717, 1.165) is 19.3 Å². The van der Waals surface area contributed by atoms with Crippen LogP contribution in [0.3, 0.4) is 0 Å². The molecule has 2 heterocycles. The number of carbonyl (C=O) groups is 2. The van der Waals surface area contributed by atoms with Gasteiger partial charge in [0, 0.05) is 19.0 Å². The SMILES string of the molecule is CCCC(=O)N1CCCC1C(=O)NCc1cc(Br)no1. The standard InChI is InChI=1S/C13H18BrN3O3/c1-2-4-12(18)17-6-3-5-10(17)13(19)15-8-9-7-11(14)16-20-9/h7,10H,2-6,8H2,1H3,(H,15,19). The molecule has 7 heteroatoms. The number of amides is 2. The molecule has 1 saturated heterocycles. The first-order valence-corrected chi connectivity index (χ1v) is 7.59. The van der Waals surface area contributed by atoms with Crippen molar-refractivity contribution in [1.29, 1.82) is 0 Å². The summed E-state index contributed by atoms with van der Waals surface area (Å²) >= 11 is 3.18. The zero-order valence-electron chi connectivity index (χ0n) is 11.4. The van der Waals surface area contributed by atoms with Crippen molar-refractivity contribution in [3.8, 4) is 0 Å². The molecule has 1 aromatic rings. The zero-order valence-corrected chi connectivity index (χ0v) is 13.0. The molecule has 1 atom stereocenters. The van der Waals surface area contributed by atoms with Gasteiger partial charge in [-0.25, -0.2) is 0 Å². The predicted octanol–water partition coefficient (Wildman–Crippen LogP) is 1.84. The van der Waals surface area contributed by atoms with Gasteiger partial charge in [0.2, 0.25) is 11.8 Å². The lowest BCUT2D eigenvalue weighted by Gasteiger charge is -2.23. The number of nitrogens with one attached hydrogen (secondary N) is 1. The van der Waals surface area contributed by atoms with Crippen LogP contribution in [0.1, 0.15) is 38.4 Å². The maximum atomic E-state index is 12.2. The van der Waals surface area contributed by atoms with Crippen LogP contribution in [0.2, 0.25) is 0 Å². The van der Waals surface area contributed by atoms with Gasteiger partial charge in [0.15, 0.2) is 5.76 Å². The third-order valence-corrected chi connectivity index (χ3v) is 3.68. The smallest absolute Gasteiger partial charge is 0.243 e. The van der Waals surface area contributed by atoms with Gasteiger partial charge in [0.25, 0.3) is 0 Å². The summed E-state index contributed by atoms with van der Waals surface area (Å²) < 4.78 is 5.60. The molecule has 20 heavy (non-hydrogen) atoms. The van der Waals surface area contributed by atoms with Crippen LogP contribution in [-0.2, 0) is 16.1 Å². The van der Waals surface area contributed by atoms with E-state index in [-0.39, 0.29) is 24.4 Å². The van der Waals surface area contributed by atoms with E-state index in [1.807, 2.05) is 6.92 Å². The topological polar surface area (TPSA) is 75.4 Å². The Morgan fingerprint density at radius 1 is 1.60 bits per heavy atom. The van der Waals surface area contributed by atoms with Gasteiger partial charge in [0.1, 0.15) is 10.6 Å². The van der Waals surface area contributed by atoms with E-state index >= 15 is 0 Å². The van der Waals surface area contributed by atoms with Crippen LogP contribution in [0.25, 0.3) is 0 Å². The summed E-state index contributed by atoms with van der Waals surface area (Å²) in [5, 5.41) is 6.48. The molecule has 0 spiro atoms. The number of likely N-dealkylation sites (tertiary alicyclic amines) is 1. The lowest BCUT2D eigenvalue weighted by Crippen LogP contribution is -2.45. The zero-order chi connectivity index (χ0) is 14.5. The van der Waals surface area contributed by atoms with E-state index < -0.39 is 0 Å². The van der Waals surface area contributed by atoms with Gasteiger partial charge in [-0.2, -0.15) is 0 Å². The van der Waals surface area contributed by atoms with Crippen molar-refractivity contribution in [3.63, 3.8) is 0 Å². The average molecular weight is 344 g/mol. The lowest BCUT2D eigenvalue weighted by molar-refractivity contribution is -0.138. The highest BCUT2D eigenvalue weighted by atomic mass is 79.9. The van der Waals surface area contributed by atoms with Crippen molar-refractivity contribution < 1.29 is 14.1 Å². The highest BCUT2D eigenvalue weighted by Gasteiger charge is 2.33. The molecule has 0 aliphatic carbocycles. The van der Waals surface area contributed by atoms with Crippen LogP contribution in [0.4, 0.5) is 0 Å². The second-order valence-electron chi connectivity index (χ2n) is 4.83. The van der Waals surface area contributed by atoms with E-state index in [0.29, 0.717) is 23.3 Å². The largest absolute Gasteiger partial charge is 0.358 e. The number of halogens is 1. The summed E-state index contributed by atoms with van der Waals surface area (Å²) in [6.07, 6.45) is 2.90. The van der Waals surface area contributed by atoms with Gasteiger partial charge < -0.3 is 14.7 Å². The second-order valence-corrected chi connectivity index (χ2v) is 5.64. The maximum absolute atomic E-state index is 12.2. The molecule has 0 bridgehead atoms. The number of aromatic nitrogens is 1. The summed E-state index contributed by atoms with van der Waals surface area (Å²) in [6, 6.07) is 1.36. The normalized spacial score (nSPS) is 18.3. The Morgan fingerprint density at radius 3 is 3.05 bits per heavy atom. The monoisotopic (exact) mass is 343 g/mol. The molecule has 1 aliphatic rings. The number of hydrogen-bond acceptors (Lipinski definition) is 4. The molecule has 2 amide bonds. The fourth-order valence-electron chi connectivity index (χ4n) is 2.36. The average Bonchev–Trinajstić information content (AvgIpc) is 3.05. The molecular weight excluding hydrogens is 326 g/mol. The summed E-state index contributed by atoms with van der Waals surface area (Å²) in [5.41, 5.74) is 0. The highest BCUT2D eigenvalue weighted by molar-refractivity contribution is 9.10. The van der Waals surface area contributed by atoms with Gasteiger partial charge in [0.05, 0.1) is 6.54 Å². The van der Waals surface area contributed by atoms with Gasteiger partial charge in [-0.3, -0.25) is 9.59 Å². The number of carbonyl (C=O) groups excluding carboxylic acids is 2. The van der Waals surface area contributed by atoms with Crippen molar-refractivity contribution in [2.75, 3.05) is 6.54 Å². The molecule has 1 aromatic heterocycles. The summed E-state index contributed by atoms with van der Waals surface area (Å²) in [7, 11) is 0. The van der Waals surface area contributed by atoms with Gasteiger partial charge >= 0.3 is 0 Å². The van der Waals surface area contributed by atoms with Gasteiger partial charge in [-0.05, 0) is 35.2 Å². The van der Waals surface area contributed by atoms with Crippen LogP contribution in [0, 0.1) is 0 Å². The predicted molar refractivity (Wildman–Crippen MR) is 75.7 cm³/mol. The molecule has 6 nitrogen and oxygen atoms in total. The van der Waals surface area contributed by atoms with Crippen LogP contribution in [0.15, 0.2) is 15.2 Å². The van der Waals surface area contributed by atoms with Crippen molar-refractivity contribution in [3.05, 3.63) is 16.4 Å². The molecule has 1 fully saturated rings. The summed E-state index contributed by atoms with van der Waals surface area (Å²) in [6.45, 7) is 2.92. The quantitative estimate of drug-likeness (QED) is 0.885. The van der Waals surface area contributed by atoms with Crippen molar-refractivity contribution in [2.45, 2.75) is 45.2 Å². The van der Waals surface area contributed by atoms with E-state index in [2.05, 4.69) is 26.4 Å². The Labute approximate surface area is 126 Å². The maximum Gasteiger partial charge on any atom is 0.243 e. The second kappa shape index (κ2) is 6.88. The van der Waals surface area contributed by atoms with Crippen LogP contribution in [-0.4, -0.2) is 34.5 Å². The van der Waals surface area contributed by atoms with E-state index in [1.165, 1.54) is 0 Å². The van der Waals surface area contributed by atoms with E-state index in [1.54, 1.807) is 11.0 Å². The van der Waals surface area contributed by atoms with E-state index in [4.69, 9.17) is 4.52 Å². The lowest BCUT2D eigenvalue weighted by atomic mass is 10.2. The van der Waals surface area contributed by atoms with Crippen LogP contribution < -0.4 is 5.32 Å². The first-order chi connectivity index (χ1) is 9.61. The van der Waals surface area contributed by atoms with Crippen LogP contribution >= 0.6 is 15.9 Å². The van der Waals surface area contributed by atoms with Gasteiger partial charge in [-0.15, -0.1) is 0 Å². The fraction of sp³-hybridized carbons (Fsp3) is 0.615. The molecule has 110 valence electrons. The van der Waals surface area contributed by atoms with Crippen molar-refractivity contribution in [2.24, 2.45) is 0 Å². The molecule has 0 radical (unpaired) electrons. The van der Waals surface area contributed by atoms with Gasteiger partial charge in [-0.1, -0.05) is 12.1 Å². The minimum Gasteiger partial charge on any atom is -0.358 e. The van der Waals surface area contributed by atoms with E-state index in [9.17, 15) is 9.59 Å². The number of rotatable bonds is 5. The van der Waals surface area contributed by atoms with Crippen LogP contribution in [0.5, 0.6) is 0 Å². The third-order valence-electron chi connectivity index (χ3n) is 3.31. The fourth-order valence-corrected chi connectivity index (χ4v) is 2.69. The molecule has 0 saturated carbocycles.